The molecule has 0 aliphatic heterocycles. The number of hydrogen-bond acceptors (Lipinski definition) is 3. The monoisotopic (exact) mass is 294 g/mol. The van der Waals surface area contributed by atoms with Crippen LogP contribution in [0.4, 0.5) is 0 Å². The smallest absolute Gasteiger partial charge is 0.252 e. The number of carbonyl (C=O) groups excluding carboxylic acids is 1. The van der Waals surface area contributed by atoms with Gasteiger partial charge in [-0.25, -0.2) is 0 Å². The Balaban J connectivity index is 1.48. The predicted octanol–water partition coefficient (Wildman–Crippen LogP) is 2.95. The number of carbonyl (C=O) groups is 1. The van der Waals surface area contributed by atoms with Crippen molar-refractivity contribution in [2.45, 2.75) is 6.54 Å². The van der Waals surface area contributed by atoms with Crippen LogP contribution in [0.25, 0.3) is 11.0 Å². The molecular weight excluding hydrogens is 276 g/mol. The van der Waals surface area contributed by atoms with Crippen molar-refractivity contribution < 1.29 is 9.21 Å². The van der Waals surface area contributed by atoms with E-state index in [9.17, 15) is 4.79 Å². The summed E-state index contributed by atoms with van der Waals surface area (Å²) in [6.45, 7) is 2.11. The summed E-state index contributed by atoms with van der Waals surface area (Å²) in [6, 6.07) is 17.5. The molecule has 1 heterocycles. The zero-order valence-corrected chi connectivity index (χ0v) is 12.2. The molecule has 0 radical (unpaired) electrons. The molecular formula is C18H18N2O2. The Morgan fingerprint density at radius 2 is 1.82 bits per heavy atom. The van der Waals surface area contributed by atoms with Crippen LogP contribution in [-0.2, 0) is 6.54 Å². The van der Waals surface area contributed by atoms with Crippen molar-refractivity contribution in [2.24, 2.45) is 0 Å². The van der Waals surface area contributed by atoms with E-state index >= 15 is 0 Å². The Hall–Kier alpha value is -2.59. The van der Waals surface area contributed by atoms with Crippen LogP contribution in [0.5, 0.6) is 0 Å². The van der Waals surface area contributed by atoms with Gasteiger partial charge in [-0.1, -0.05) is 36.4 Å². The first kappa shape index (κ1) is 14.4. The number of fused-ring (bicyclic) bond motifs is 1. The lowest BCUT2D eigenvalue weighted by atomic mass is 10.1. The topological polar surface area (TPSA) is 54.3 Å². The molecule has 0 saturated carbocycles. The van der Waals surface area contributed by atoms with Crippen molar-refractivity contribution in [3.63, 3.8) is 0 Å². The van der Waals surface area contributed by atoms with Gasteiger partial charge in [0.05, 0.1) is 11.8 Å². The molecule has 3 aromatic rings. The Bertz CT molecular complexity index is 750. The third kappa shape index (κ3) is 3.35. The standard InChI is InChI=1S/C18H18N2O2/c21-18(16-7-4-8-17-15(16)9-12-22-17)20-11-10-19-13-14-5-2-1-3-6-14/h1-9,12,19H,10-11,13H2,(H,20,21). The predicted molar refractivity (Wildman–Crippen MR) is 86.7 cm³/mol. The molecule has 0 unspecified atom stereocenters. The number of hydrogen-bond donors (Lipinski definition) is 2. The van der Waals surface area contributed by atoms with Gasteiger partial charge < -0.3 is 15.1 Å². The lowest BCUT2D eigenvalue weighted by molar-refractivity contribution is 0.0955. The lowest BCUT2D eigenvalue weighted by Crippen LogP contribution is -2.31. The molecule has 0 fully saturated rings. The second-order valence-electron chi connectivity index (χ2n) is 5.06. The molecule has 112 valence electrons. The summed E-state index contributed by atoms with van der Waals surface area (Å²) in [5.41, 5.74) is 2.61. The Labute approximate surface area is 129 Å². The van der Waals surface area contributed by atoms with Crippen molar-refractivity contribution in [2.75, 3.05) is 13.1 Å². The second kappa shape index (κ2) is 6.91. The lowest BCUT2D eigenvalue weighted by Gasteiger charge is -2.07. The quantitative estimate of drug-likeness (QED) is 0.687. The Morgan fingerprint density at radius 1 is 0.955 bits per heavy atom. The third-order valence-electron chi connectivity index (χ3n) is 3.50. The average molecular weight is 294 g/mol. The first-order chi connectivity index (χ1) is 10.8. The summed E-state index contributed by atoms with van der Waals surface area (Å²) in [6.07, 6.45) is 1.60. The molecule has 3 rings (SSSR count). The fourth-order valence-electron chi connectivity index (χ4n) is 2.38. The van der Waals surface area contributed by atoms with E-state index < -0.39 is 0 Å². The van der Waals surface area contributed by atoms with Gasteiger partial charge in [0.15, 0.2) is 0 Å². The van der Waals surface area contributed by atoms with E-state index in [1.807, 2.05) is 42.5 Å². The van der Waals surface area contributed by atoms with E-state index in [0.717, 1.165) is 24.1 Å². The summed E-state index contributed by atoms with van der Waals surface area (Å²) in [5, 5.41) is 7.08. The molecule has 1 amide bonds. The van der Waals surface area contributed by atoms with Crippen molar-refractivity contribution >= 4 is 16.9 Å². The average Bonchev–Trinajstić information content (AvgIpc) is 3.04. The van der Waals surface area contributed by atoms with E-state index in [1.165, 1.54) is 5.56 Å². The van der Waals surface area contributed by atoms with Crippen LogP contribution >= 0.6 is 0 Å². The molecule has 1 aromatic heterocycles. The number of furan rings is 1. The van der Waals surface area contributed by atoms with Gasteiger partial charge in [-0.2, -0.15) is 0 Å². The summed E-state index contributed by atoms with van der Waals surface area (Å²) < 4.78 is 5.31. The van der Waals surface area contributed by atoms with Crippen molar-refractivity contribution in [1.82, 2.24) is 10.6 Å². The summed E-state index contributed by atoms with van der Waals surface area (Å²) in [7, 11) is 0. The summed E-state index contributed by atoms with van der Waals surface area (Å²) in [4.78, 5) is 12.2. The van der Waals surface area contributed by atoms with E-state index in [1.54, 1.807) is 6.26 Å². The number of nitrogens with one attached hydrogen (secondary N) is 2. The largest absolute Gasteiger partial charge is 0.464 e. The minimum atomic E-state index is -0.0755. The summed E-state index contributed by atoms with van der Waals surface area (Å²) >= 11 is 0. The van der Waals surface area contributed by atoms with Gasteiger partial charge in [0, 0.05) is 25.0 Å². The van der Waals surface area contributed by atoms with Crippen LogP contribution in [0.2, 0.25) is 0 Å². The van der Waals surface area contributed by atoms with Gasteiger partial charge in [0.2, 0.25) is 0 Å². The molecule has 0 saturated heterocycles. The van der Waals surface area contributed by atoms with E-state index in [0.29, 0.717) is 12.1 Å². The molecule has 0 atom stereocenters. The van der Waals surface area contributed by atoms with Crippen LogP contribution in [0.15, 0.2) is 65.3 Å². The number of amides is 1. The van der Waals surface area contributed by atoms with Crippen molar-refractivity contribution in [1.29, 1.82) is 0 Å². The fraction of sp³-hybridized carbons (Fsp3) is 0.167. The van der Waals surface area contributed by atoms with Gasteiger partial charge in [-0.3, -0.25) is 4.79 Å². The first-order valence-electron chi connectivity index (χ1n) is 7.33. The van der Waals surface area contributed by atoms with E-state index in [-0.39, 0.29) is 5.91 Å². The Morgan fingerprint density at radius 3 is 2.68 bits per heavy atom. The maximum Gasteiger partial charge on any atom is 0.252 e. The van der Waals surface area contributed by atoms with Crippen LogP contribution in [0, 0.1) is 0 Å². The van der Waals surface area contributed by atoms with Crippen LogP contribution in [-0.4, -0.2) is 19.0 Å². The van der Waals surface area contributed by atoms with Crippen molar-refractivity contribution in [3.8, 4) is 0 Å². The fourth-order valence-corrected chi connectivity index (χ4v) is 2.38. The van der Waals surface area contributed by atoms with Crippen LogP contribution in [0.3, 0.4) is 0 Å². The Kier molecular flexibility index (Phi) is 4.51. The highest BCUT2D eigenvalue weighted by molar-refractivity contribution is 6.05. The normalized spacial score (nSPS) is 10.7. The third-order valence-corrected chi connectivity index (χ3v) is 3.50. The highest BCUT2D eigenvalue weighted by atomic mass is 16.3. The molecule has 2 aromatic carbocycles. The SMILES string of the molecule is O=C(NCCNCc1ccccc1)c1cccc2occc12. The molecule has 4 nitrogen and oxygen atoms in total. The molecule has 0 aliphatic carbocycles. The molecule has 4 heteroatoms. The minimum Gasteiger partial charge on any atom is -0.464 e. The maximum absolute atomic E-state index is 12.2. The van der Waals surface area contributed by atoms with Gasteiger partial charge in [0.25, 0.3) is 5.91 Å². The number of benzene rings is 2. The zero-order valence-electron chi connectivity index (χ0n) is 12.2. The van der Waals surface area contributed by atoms with Crippen molar-refractivity contribution in [3.05, 3.63) is 72.0 Å². The second-order valence-corrected chi connectivity index (χ2v) is 5.06. The number of rotatable bonds is 6. The highest BCUT2D eigenvalue weighted by Gasteiger charge is 2.10. The van der Waals surface area contributed by atoms with Gasteiger partial charge in [0.1, 0.15) is 5.58 Å². The van der Waals surface area contributed by atoms with E-state index in [2.05, 4.69) is 22.8 Å². The molecule has 22 heavy (non-hydrogen) atoms. The molecule has 0 spiro atoms. The van der Waals surface area contributed by atoms with Gasteiger partial charge in [-0.15, -0.1) is 0 Å². The zero-order chi connectivity index (χ0) is 15.2. The minimum absolute atomic E-state index is 0.0755. The van der Waals surface area contributed by atoms with Crippen LogP contribution in [0.1, 0.15) is 15.9 Å². The molecule has 2 N–H and O–H groups in total. The van der Waals surface area contributed by atoms with E-state index in [4.69, 9.17) is 4.42 Å². The van der Waals surface area contributed by atoms with Gasteiger partial charge >= 0.3 is 0 Å². The highest BCUT2D eigenvalue weighted by Crippen LogP contribution is 2.19. The van der Waals surface area contributed by atoms with Gasteiger partial charge in [-0.05, 0) is 23.8 Å². The first-order valence-corrected chi connectivity index (χ1v) is 7.33. The maximum atomic E-state index is 12.2. The molecule has 0 aliphatic rings. The summed E-state index contributed by atoms with van der Waals surface area (Å²) in [5.74, 6) is -0.0755. The molecule has 0 bridgehead atoms. The van der Waals surface area contributed by atoms with Crippen LogP contribution < -0.4 is 10.6 Å².